The van der Waals surface area contributed by atoms with Crippen molar-refractivity contribution in [1.29, 1.82) is 0 Å². The Morgan fingerprint density at radius 3 is 1.11 bits per heavy atom. The fraction of sp³-hybridized carbons (Fsp3) is 0. The molecule has 8 aromatic rings. The first-order valence-electron chi connectivity index (χ1n) is 14.8. The average molecular weight is 562 g/mol. The highest BCUT2D eigenvalue weighted by Gasteiger charge is 2.16. The van der Waals surface area contributed by atoms with Crippen LogP contribution in [0.1, 0.15) is 0 Å². The molecule has 3 heteroatoms. The van der Waals surface area contributed by atoms with Crippen LogP contribution in [0.4, 0.5) is 0 Å². The van der Waals surface area contributed by atoms with Gasteiger partial charge in [-0.05, 0) is 43.8 Å². The highest BCUT2D eigenvalue weighted by atomic mass is 15.0. The highest BCUT2D eigenvalue weighted by molar-refractivity contribution is 5.97. The number of aromatic nitrogens is 3. The molecule has 0 bridgehead atoms. The van der Waals surface area contributed by atoms with E-state index in [-0.39, 0.29) is 0 Å². The number of benzene rings is 7. The molecule has 8 rings (SSSR count). The van der Waals surface area contributed by atoms with Crippen molar-refractivity contribution in [2.24, 2.45) is 0 Å². The topological polar surface area (TPSA) is 38.7 Å². The third kappa shape index (κ3) is 4.81. The normalized spacial score (nSPS) is 11.2. The number of rotatable bonds is 5. The van der Waals surface area contributed by atoms with Crippen LogP contribution in [0.15, 0.2) is 164 Å². The van der Waals surface area contributed by atoms with Crippen molar-refractivity contribution in [3.05, 3.63) is 164 Å². The molecule has 0 N–H and O–H groups in total. The molecule has 0 spiro atoms. The molecule has 0 fully saturated rings. The van der Waals surface area contributed by atoms with Gasteiger partial charge in [-0.2, -0.15) is 0 Å². The van der Waals surface area contributed by atoms with E-state index in [4.69, 9.17) is 15.0 Å². The van der Waals surface area contributed by atoms with Gasteiger partial charge in [0.2, 0.25) is 0 Å². The Hall–Kier alpha value is -5.93. The van der Waals surface area contributed by atoms with Crippen LogP contribution in [0.25, 0.3) is 78.0 Å². The fourth-order valence-corrected chi connectivity index (χ4v) is 5.88. The van der Waals surface area contributed by atoms with Gasteiger partial charge < -0.3 is 0 Å². The van der Waals surface area contributed by atoms with E-state index in [1.807, 2.05) is 6.07 Å². The van der Waals surface area contributed by atoms with Crippen molar-refractivity contribution in [2.45, 2.75) is 0 Å². The molecule has 0 unspecified atom stereocenters. The van der Waals surface area contributed by atoms with Crippen molar-refractivity contribution >= 4 is 21.5 Å². The predicted octanol–water partition coefficient (Wildman–Crippen LogP) is 10.5. The second-order valence-electron chi connectivity index (χ2n) is 10.9. The van der Waals surface area contributed by atoms with E-state index in [9.17, 15) is 0 Å². The van der Waals surface area contributed by atoms with Gasteiger partial charge in [0.15, 0.2) is 17.5 Å². The van der Waals surface area contributed by atoms with Gasteiger partial charge in [0.25, 0.3) is 0 Å². The SMILES string of the molecule is c1ccc(-c2ccc(-c3ccc(-c4nc(-c5cccc6ccccc56)nc(-c5cccc6ccccc56)n4)cc3)cc2)cc1. The maximum Gasteiger partial charge on any atom is 0.164 e. The summed E-state index contributed by atoms with van der Waals surface area (Å²) in [6.45, 7) is 0. The van der Waals surface area contributed by atoms with E-state index in [1.54, 1.807) is 0 Å². The van der Waals surface area contributed by atoms with E-state index >= 15 is 0 Å². The van der Waals surface area contributed by atoms with Crippen molar-refractivity contribution in [3.63, 3.8) is 0 Å². The Morgan fingerprint density at radius 2 is 0.614 bits per heavy atom. The van der Waals surface area contributed by atoms with Crippen LogP contribution in [-0.2, 0) is 0 Å². The Kier molecular flexibility index (Phi) is 6.47. The van der Waals surface area contributed by atoms with E-state index in [1.165, 1.54) is 16.7 Å². The monoisotopic (exact) mass is 561 g/mol. The van der Waals surface area contributed by atoms with E-state index in [0.29, 0.717) is 17.5 Å². The maximum atomic E-state index is 5.08. The number of hydrogen-bond acceptors (Lipinski definition) is 3. The summed E-state index contributed by atoms with van der Waals surface area (Å²) in [6.07, 6.45) is 0. The minimum absolute atomic E-state index is 0.650. The third-order valence-corrected chi connectivity index (χ3v) is 8.16. The molecule has 3 nitrogen and oxygen atoms in total. The summed E-state index contributed by atoms with van der Waals surface area (Å²) in [5.74, 6) is 1.97. The highest BCUT2D eigenvalue weighted by Crippen LogP contribution is 2.33. The maximum absolute atomic E-state index is 5.08. The van der Waals surface area contributed by atoms with Gasteiger partial charge in [-0.1, -0.05) is 164 Å². The lowest BCUT2D eigenvalue weighted by Crippen LogP contribution is -2.01. The third-order valence-electron chi connectivity index (χ3n) is 8.16. The molecule has 7 aromatic carbocycles. The second kappa shape index (κ2) is 11.0. The molecular formula is C41H27N3. The largest absolute Gasteiger partial charge is 0.208 e. The molecule has 0 amide bonds. The standard InChI is InChI=1S/C41H27N3/c1-2-10-28(11-3-1)29-20-22-30(23-21-29)31-24-26-34(27-25-31)39-42-40(37-18-8-14-32-12-4-6-16-35(32)37)44-41(43-39)38-19-9-15-33-13-5-7-17-36(33)38/h1-27H. The molecular weight excluding hydrogens is 534 g/mol. The molecule has 0 aliphatic heterocycles. The first kappa shape index (κ1) is 25.8. The van der Waals surface area contributed by atoms with Gasteiger partial charge in [0.1, 0.15) is 0 Å². The molecule has 0 saturated carbocycles. The van der Waals surface area contributed by atoms with Gasteiger partial charge in [0, 0.05) is 16.7 Å². The molecule has 0 atom stereocenters. The fourth-order valence-electron chi connectivity index (χ4n) is 5.88. The molecule has 1 aromatic heterocycles. The molecule has 0 aliphatic rings. The first-order valence-corrected chi connectivity index (χ1v) is 14.8. The zero-order chi connectivity index (χ0) is 29.3. The average Bonchev–Trinajstić information content (AvgIpc) is 3.11. The zero-order valence-electron chi connectivity index (χ0n) is 23.9. The molecule has 0 radical (unpaired) electrons. The van der Waals surface area contributed by atoms with Crippen molar-refractivity contribution < 1.29 is 0 Å². The van der Waals surface area contributed by atoms with Gasteiger partial charge in [0.05, 0.1) is 0 Å². The lowest BCUT2D eigenvalue weighted by Gasteiger charge is -2.12. The van der Waals surface area contributed by atoms with E-state index < -0.39 is 0 Å². The summed E-state index contributed by atoms with van der Waals surface area (Å²) in [5, 5.41) is 4.54. The zero-order valence-corrected chi connectivity index (χ0v) is 23.9. The molecule has 0 saturated heterocycles. The lowest BCUT2D eigenvalue weighted by atomic mass is 9.99. The first-order chi connectivity index (χ1) is 21.8. The molecule has 44 heavy (non-hydrogen) atoms. The Morgan fingerprint density at radius 1 is 0.250 bits per heavy atom. The van der Waals surface area contributed by atoms with Gasteiger partial charge >= 0.3 is 0 Å². The van der Waals surface area contributed by atoms with Crippen LogP contribution in [-0.4, -0.2) is 15.0 Å². The second-order valence-corrected chi connectivity index (χ2v) is 10.9. The van der Waals surface area contributed by atoms with Crippen LogP contribution < -0.4 is 0 Å². The minimum Gasteiger partial charge on any atom is -0.208 e. The number of fused-ring (bicyclic) bond motifs is 2. The number of hydrogen-bond donors (Lipinski definition) is 0. The van der Waals surface area contributed by atoms with Crippen LogP contribution >= 0.6 is 0 Å². The predicted molar refractivity (Wildman–Crippen MR) is 182 cm³/mol. The van der Waals surface area contributed by atoms with Crippen molar-refractivity contribution in [3.8, 4) is 56.4 Å². The summed E-state index contributed by atoms with van der Waals surface area (Å²) in [6, 6.07) is 57.0. The summed E-state index contributed by atoms with van der Waals surface area (Å²) >= 11 is 0. The molecule has 1 heterocycles. The van der Waals surface area contributed by atoms with Gasteiger partial charge in [-0.25, -0.2) is 15.0 Å². The Balaban J connectivity index is 1.23. The molecule has 206 valence electrons. The van der Waals surface area contributed by atoms with E-state index in [0.717, 1.165) is 43.8 Å². The summed E-state index contributed by atoms with van der Waals surface area (Å²) in [4.78, 5) is 15.2. The summed E-state index contributed by atoms with van der Waals surface area (Å²) < 4.78 is 0. The van der Waals surface area contributed by atoms with Crippen LogP contribution in [0.2, 0.25) is 0 Å². The summed E-state index contributed by atoms with van der Waals surface area (Å²) in [7, 11) is 0. The van der Waals surface area contributed by atoms with Crippen LogP contribution in [0, 0.1) is 0 Å². The van der Waals surface area contributed by atoms with Crippen LogP contribution in [0.3, 0.4) is 0 Å². The number of nitrogens with zero attached hydrogens (tertiary/aromatic N) is 3. The van der Waals surface area contributed by atoms with Gasteiger partial charge in [-0.15, -0.1) is 0 Å². The van der Waals surface area contributed by atoms with E-state index in [2.05, 4.69) is 158 Å². The van der Waals surface area contributed by atoms with Crippen LogP contribution in [0.5, 0.6) is 0 Å². The Labute approximate surface area is 256 Å². The quantitative estimate of drug-likeness (QED) is 0.210. The Bertz CT molecular complexity index is 2150. The van der Waals surface area contributed by atoms with Crippen molar-refractivity contribution in [2.75, 3.05) is 0 Å². The van der Waals surface area contributed by atoms with Gasteiger partial charge in [-0.3, -0.25) is 0 Å². The summed E-state index contributed by atoms with van der Waals surface area (Å²) in [5.41, 5.74) is 7.66. The van der Waals surface area contributed by atoms with Crippen molar-refractivity contribution in [1.82, 2.24) is 15.0 Å². The smallest absolute Gasteiger partial charge is 0.164 e. The minimum atomic E-state index is 0.650. The molecule has 0 aliphatic carbocycles. The lowest BCUT2D eigenvalue weighted by molar-refractivity contribution is 1.08.